The fourth-order valence-electron chi connectivity index (χ4n) is 1.34. The molecule has 0 spiro atoms. The molecule has 2 amide bonds. The van der Waals surface area contributed by atoms with Crippen LogP contribution in [0.25, 0.3) is 0 Å². The lowest BCUT2D eigenvalue weighted by Crippen LogP contribution is -2.25. The lowest BCUT2D eigenvalue weighted by molar-refractivity contribution is 0.0943. The summed E-state index contributed by atoms with van der Waals surface area (Å²) in [5.74, 6) is -0.621. The van der Waals surface area contributed by atoms with Gasteiger partial charge in [0.05, 0.1) is 0 Å². The van der Waals surface area contributed by atoms with E-state index in [2.05, 4.69) is 20.8 Å². The topological polar surface area (TPSA) is 107 Å². The van der Waals surface area contributed by atoms with Gasteiger partial charge in [0.25, 0.3) is 11.8 Å². The van der Waals surface area contributed by atoms with Crippen molar-refractivity contribution in [3.05, 3.63) is 17.5 Å². The van der Waals surface area contributed by atoms with Gasteiger partial charge in [-0.1, -0.05) is 0 Å². The number of amides is 2. The smallest absolute Gasteiger partial charge is 0.271 e. The zero-order chi connectivity index (χ0) is 13.4. The summed E-state index contributed by atoms with van der Waals surface area (Å²) in [7, 11) is 0. The second-order valence-corrected chi connectivity index (χ2v) is 3.71. The number of carbonyl (C=O) groups is 2. The van der Waals surface area contributed by atoms with Crippen molar-refractivity contribution < 1.29 is 14.7 Å². The molecule has 0 unspecified atom stereocenters. The maximum atomic E-state index is 11.6. The highest BCUT2D eigenvalue weighted by atomic mass is 16.3. The first-order valence-electron chi connectivity index (χ1n) is 5.91. The average Bonchev–Trinajstić information content (AvgIpc) is 2.84. The summed E-state index contributed by atoms with van der Waals surface area (Å²) < 4.78 is 0. The Labute approximate surface area is 105 Å². The molecule has 0 radical (unpaired) electrons. The molecule has 0 saturated carbocycles. The third-order valence-corrected chi connectivity index (χ3v) is 2.26. The Bertz CT molecular complexity index is 403. The van der Waals surface area contributed by atoms with Gasteiger partial charge in [-0.15, -0.1) is 0 Å². The zero-order valence-corrected chi connectivity index (χ0v) is 10.3. The molecular formula is C11H18N4O3. The number of H-pyrrole nitrogens is 1. The van der Waals surface area contributed by atoms with Gasteiger partial charge < -0.3 is 15.7 Å². The van der Waals surface area contributed by atoms with E-state index in [0.717, 1.165) is 0 Å². The van der Waals surface area contributed by atoms with E-state index < -0.39 is 0 Å². The van der Waals surface area contributed by atoms with Crippen LogP contribution in [0.2, 0.25) is 0 Å². The highest BCUT2D eigenvalue weighted by Gasteiger charge is 2.13. The van der Waals surface area contributed by atoms with Crippen LogP contribution in [0.3, 0.4) is 0 Å². The first kappa shape index (κ1) is 14.2. The van der Waals surface area contributed by atoms with Crippen LogP contribution in [0.15, 0.2) is 6.07 Å². The normalized spacial score (nSPS) is 10.1. The highest BCUT2D eigenvalue weighted by molar-refractivity contribution is 5.97. The molecule has 0 aliphatic carbocycles. The van der Waals surface area contributed by atoms with Crippen LogP contribution in [-0.4, -0.2) is 46.8 Å². The Balaban J connectivity index is 2.46. The van der Waals surface area contributed by atoms with E-state index in [1.54, 1.807) is 6.92 Å². The Morgan fingerprint density at radius 2 is 2.11 bits per heavy atom. The van der Waals surface area contributed by atoms with E-state index in [0.29, 0.717) is 25.9 Å². The van der Waals surface area contributed by atoms with E-state index in [1.165, 1.54) is 6.07 Å². The van der Waals surface area contributed by atoms with Crippen LogP contribution in [-0.2, 0) is 0 Å². The molecular weight excluding hydrogens is 236 g/mol. The first-order chi connectivity index (χ1) is 8.69. The van der Waals surface area contributed by atoms with Crippen molar-refractivity contribution in [2.24, 2.45) is 0 Å². The second kappa shape index (κ2) is 7.44. The maximum absolute atomic E-state index is 11.6. The van der Waals surface area contributed by atoms with Gasteiger partial charge in [0.15, 0.2) is 5.69 Å². The number of aliphatic hydroxyl groups excluding tert-OH is 1. The summed E-state index contributed by atoms with van der Waals surface area (Å²) in [6, 6.07) is 1.41. The predicted octanol–water partition coefficient (Wildman–Crippen LogP) is -0.338. The van der Waals surface area contributed by atoms with E-state index in [1.807, 2.05) is 0 Å². The molecule has 7 heteroatoms. The Morgan fingerprint density at radius 3 is 2.78 bits per heavy atom. The number of aromatic amines is 1. The minimum atomic E-state index is -0.312. The molecule has 1 rings (SSSR count). The lowest BCUT2D eigenvalue weighted by Gasteiger charge is -2.01. The SMILES string of the molecule is CCNC(=O)c1cc(C(=O)NCCCCO)[nH]n1. The monoisotopic (exact) mass is 254 g/mol. The summed E-state index contributed by atoms with van der Waals surface area (Å²) in [6.45, 7) is 2.91. The number of hydrogen-bond acceptors (Lipinski definition) is 4. The number of aliphatic hydroxyl groups is 1. The molecule has 0 saturated heterocycles. The van der Waals surface area contributed by atoms with Gasteiger partial charge in [-0.25, -0.2) is 0 Å². The third-order valence-electron chi connectivity index (χ3n) is 2.26. The molecule has 1 aromatic rings. The molecule has 100 valence electrons. The standard InChI is InChI=1S/C11H18N4O3/c1-2-12-10(17)8-7-9(15-14-8)11(18)13-5-3-4-6-16/h7,16H,2-6H2,1H3,(H,12,17)(H,13,18)(H,14,15). The number of nitrogens with zero attached hydrogens (tertiary/aromatic N) is 1. The van der Waals surface area contributed by atoms with Crippen molar-refractivity contribution in [3.63, 3.8) is 0 Å². The molecule has 0 aliphatic rings. The minimum Gasteiger partial charge on any atom is -0.396 e. The molecule has 0 bridgehead atoms. The lowest BCUT2D eigenvalue weighted by atomic mass is 10.3. The number of rotatable bonds is 7. The summed E-state index contributed by atoms with van der Waals surface area (Å²) in [6.07, 6.45) is 1.35. The van der Waals surface area contributed by atoms with Gasteiger partial charge in [-0.3, -0.25) is 14.7 Å². The van der Waals surface area contributed by atoms with Crippen LogP contribution in [0.5, 0.6) is 0 Å². The summed E-state index contributed by atoms with van der Waals surface area (Å²) in [5.41, 5.74) is 0.442. The van der Waals surface area contributed by atoms with Gasteiger partial charge in [0.2, 0.25) is 0 Å². The summed E-state index contributed by atoms with van der Waals surface area (Å²) in [5, 5.41) is 20.1. The largest absolute Gasteiger partial charge is 0.396 e. The molecule has 0 atom stereocenters. The quantitative estimate of drug-likeness (QED) is 0.499. The molecule has 0 aliphatic heterocycles. The molecule has 1 heterocycles. The van der Waals surface area contributed by atoms with Crippen molar-refractivity contribution in [2.45, 2.75) is 19.8 Å². The molecule has 18 heavy (non-hydrogen) atoms. The van der Waals surface area contributed by atoms with Crippen LogP contribution in [0.1, 0.15) is 40.7 Å². The van der Waals surface area contributed by atoms with Crippen LogP contribution >= 0.6 is 0 Å². The Hall–Kier alpha value is -1.89. The van der Waals surface area contributed by atoms with Crippen LogP contribution in [0, 0.1) is 0 Å². The fraction of sp³-hybridized carbons (Fsp3) is 0.545. The number of carbonyl (C=O) groups excluding carboxylic acids is 2. The number of unbranched alkanes of at least 4 members (excludes halogenated alkanes) is 1. The minimum absolute atomic E-state index is 0.112. The van der Waals surface area contributed by atoms with E-state index in [-0.39, 0.29) is 29.8 Å². The summed E-state index contributed by atoms with van der Waals surface area (Å²) in [4.78, 5) is 23.1. The van der Waals surface area contributed by atoms with Gasteiger partial charge in [0, 0.05) is 25.8 Å². The van der Waals surface area contributed by atoms with E-state index in [4.69, 9.17) is 5.11 Å². The van der Waals surface area contributed by atoms with E-state index in [9.17, 15) is 9.59 Å². The number of aromatic nitrogens is 2. The summed E-state index contributed by atoms with van der Waals surface area (Å²) >= 11 is 0. The van der Waals surface area contributed by atoms with Gasteiger partial charge in [-0.2, -0.15) is 5.10 Å². The van der Waals surface area contributed by atoms with Crippen molar-refractivity contribution in [3.8, 4) is 0 Å². The van der Waals surface area contributed by atoms with Crippen LogP contribution < -0.4 is 10.6 Å². The zero-order valence-electron chi connectivity index (χ0n) is 10.3. The Kier molecular flexibility index (Phi) is 5.86. The van der Waals surface area contributed by atoms with Gasteiger partial charge in [0.1, 0.15) is 5.69 Å². The highest BCUT2D eigenvalue weighted by Crippen LogP contribution is 1.99. The van der Waals surface area contributed by atoms with E-state index >= 15 is 0 Å². The average molecular weight is 254 g/mol. The molecule has 0 fully saturated rings. The van der Waals surface area contributed by atoms with Crippen molar-refractivity contribution in [2.75, 3.05) is 19.7 Å². The molecule has 7 nitrogen and oxygen atoms in total. The molecule has 1 aromatic heterocycles. The molecule has 4 N–H and O–H groups in total. The Morgan fingerprint density at radius 1 is 1.33 bits per heavy atom. The van der Waals surface area contributed by atoms with Crippen LogP contribution in [0.4, 0.5) is 0 Å². The van der Waals surface area contributed by atoms with Crippen molar-refractivity contribution >= 4 is 11.8 Å². The van der Waals surface area contributed by atoms with Crippen molar-refractivity contribution in [1.29, 1.82) is 0 Å². The first-order valence-corrected chi connectivity index (χ1v) is 5.91. The van der Waals surface area contributed by atoms with Gasteiger partial charge in [-0.05, 0) is 19.8 Å². The fourth-order valence-corrected chi connectivity index (χ4v) is 1.34. The predicted molar refractivity (Wildman–Crippen MR) is 65.2 cm³/mol. The van der Waals surface area contributed by atoms with Gasteiger partial charge >= 0.3 is 0 Å². The number of nitrogens with one attached hydrogen (secondary N) is 3. The second-order valence-electron chi connectivity index (χ2n) is 3.71. The third kappa shape index (κ3) is 4.17. The van der Waals surface area contributed by atoms with Crippen molar-refractivity contribution in [1.82, 2.24) is 20.8 Å². The number of hydrogen-bond donors (Lipinski definition) is 4. The molecule has 0 aromatic carbocycles. The maximum Gasteiger partial charge on any atom is 0.271 e.